The molecule has 0 radical (unpaired) electrons. The molecule has 3 heteroatoms. The second-order valence-electron chi connectivity index (χ2n) is 6.55. The van der Waals surface area contributed by atoms with E-state index in [1.54, 1.807) is 0 Å². The first kappa shape index (κ1) is 14.9. The molecule has 1 aromatic carbocycles. The molecule has 1 saturated carbocycles. The molecule has 1 aliphatic carbocycles. The van der Waals surface area contributed by atoms with Crippen molar-refractivity contribution in [1.82, 2.24) is 0 Å². The minimum Gasteiger partial charge on any atom is -0.444 e. The van der Waals surface area contributed by atoms with Gasteiger partial charge in [-0.1, -0.05) is 37.5 Å². The largest absolute Gasteiger partial charge is 0.444 e. The van der Waals surface area contributed by atoms with Crippen LogP contribution in [0.4, 0.5) is 10.5 Å². The average Bonchev–Trinajstić information content (AvgIpc) is 2.38. The summed E-state index contributed by atoms with van der Waals surface area (Å²) in [5.74, 6) is 0.565. The number of para-hydroxylation sites is 1. The predicted octanol–water partition coefficient (Wildman–Crippen LogP) is 5.08. The van der Waals surface area contributed by atoms with Crippen molar-refractivity contribution in [3.63, 3.8) is 0 Å². The molecule has 1 aliphatic rings. The molecule has 110 valence electrons. The molecular formula is C17H25NO2. The summed E-state index contributed by atoms with van der Waals surface area (Å²) in [4.78, 5) is 11.9. The van der Waals surface area contributed by atoms with Gasteiger partial charge < -0.3 is 4.74 Å². The van der Waals surface area contributed by atoms with Crippen LogP contribution in [0.15, 0.2) is 24.3 Å². The summed E-state index contributed by atoms with van der Waals surface area (Å²) in [5, 5.41) is 2.90. The average molecular weight is 275 g/mol. The van der Waals surface area contributed by atoms with Crippen LogP contribution in [-0.4, -0.2) is 11.7 Å². The van der Waals surface area contributed by atoms with Crippen molar-refractivity contribution in [3.8, 4) is 0 Å². The van der Waals surface area contributed by atoms with E-state index in [1.807, 2.05) is 39.0 Å². The van der Waals surface area contributed by atoms with Crippen molar-refractivity contribution >= 4 is 11.8 Å². The lowest BCUT2D eigenvalue weighted by Gasteiger charge is -2.25. The van der Waals surface area contributed by atoms with Crippen LogP contribution >= 0.6 is 0 Å². The zero-order chi connectivity index (χ0) is 14.6. The normalized spacial score (nSPS) is 16.8. The quantitative estimate of drug-likeness (QED) is 0.817. The Morgan fingerprint density at radius 2 is 1.80 bits per heavy atom. The highest BCUT2D eigenvalue weighted by molar-refractivity contribution is 5.86. The zero-order valence-electron chi connectivity index (χ0n) is 12.7. The molecule has 0 atom stereocenters. The monoisotopic (exact) mass is 275 g/mol. The van der Waals surface area contributed by atoms with Gasteiger partial charge in [0.15, 0.2) is 0 Å². The lowest BCUT2D eigenvalue weighted by molar-refractivity contribution is 0.0635. The number of nitrogens with one attached hydrogen (secondary N) is 1. The fraction of sp³-hybridized carbons (Fsp3) is 0.588. The van der Waals surface area contributed by atoms with Crippen LogP contribution in [0.5, 0.6) is 0 Å². The van der Waals surface area contributed by atoms with Gasteiger partial charge in [-0.2, -0.15) is 0 Å². The fourth-order valence-corrected chi connectivity index (χ4v) is 2.79. The molecule has 1 N–H and O–H groups in total. The van der Waals surface area contributed by atoms with Gasteiger partial charge in [0.05, 0.1) is 0 Å². The molecule has 0 aromatic heterocycles. The maximum Gasteiger partial charge on any atom is 0.412 e. The smallest absolute Gasteiger partial charge is 0.412 e. The molecule has 2 rings (SSSR count). The van der Waals surface area contributed by atoms with Gasteiger partial charge in [0, 0.05) is 5.69 Å². The van der Waals surface area contributed by atoms with Gasteiger partial charge in [-0.3, -0.25) is 5.32 Å². The predicted molar refractivity (Wildman–Crippen MR) is 82.1 cm³/mol. The summed E-state index contributed by atoms with van der Waals surface area (Å²) < 4.78 is 5.33. The highest BCUT2D eigenvalue weighted by atomic mass is 16.6. The van der Waals surface area contributed by atoms with Crippen LogP contribution in [0.2, 0.25) is 0 Å². The van der Waals surface area contributed by atoms with Gasteiger partial charge >= 0.3 is 6.09 Å². The van der Waals surface area contributed by atoms with E-state index in [9.17, 15) is 4.79 Å². The minimum absolute atomic E-state index is 0.374. The van der Waals surface area contributed by atoms with Crippen molar-refractivity contribution < 1.29 is 9.53 Å². The number of carbonyl (C=O) groups is 1. The molecule has 1 aromatic rings. The molecule has 0 heterocycles. The van der Waals surface area contributed by atoms with E-state index in [4.69, 9.17) is 4.74 Å². The van der Waals surface area contributed by atoms with Crippen molar-refractivity contribution in [2.24, 2.45) is 0 Å². The van der Waals surface area contributed by atoms with Crippen LogP contribution in [0.3, 0.4) is 0 Å². The van der Waals surface area contributed by atoms with Gasteiger partial charge in [-0.05, 0) is 51.2 Å². The van der Waals surface area contributed by atoms with Gasteiger partial charge in [0.2, 0.25) is 0 Å². The molecule has 0 unspecified atom stereocenters. The van der Waals surface area contributed by atoms with Gasteiger partial charge in [-0.15, -0.1) is 0 Å². The van der Waals surface area contributed by atoms with E-state index < -0.39 is 5.60 Å². The molecule has 20 heavy (non-hydrogen) atoms. The summed E-state index contributed by atoms with van der Waals surface area (Å²) in [6, 6.07) is 8.10. The molecule has 3 nitrogen and oxygen atoms in total. The fourth-order valence-electron chi connectivity index (χ4n) is 2.79. The number of carbonyl (C=O) groups excluding carboxylic acids is 1. The van der Waals surface area contributed by atoms with Crippen molar-refractivity contribution in [2.45, 2.75) is 64.4 Å². The van der Waals surface area contributed by atoms with E-state index in [1.165, 1.54) is 37.7 Å². The Morgan fingerprint density at radius 1 is 1.15 bits per heavy atom. The third-order valence-electron chi connectivity index (χ3n) is 3.64. The Balaban J connectivity index is 2.09. The first-order valence-electron chi connectivity index (χ1n) is 7.54. The van der Waals surface area contributed by atoms with E-state index in [-0.39, 0.29) is 6.09 Å². The van der Waals surface area contributed by atoms with Crippen LogP contribution in [0.25, 0.3) is 0 Å². The minimum atomic E-state index is -0.468. The van der Waals surface area contributed by atoms with Gasteiger partial charge in [0.1, 0.15) is 5.60 Å². The number of hydrogen-bond donors (Lipinski definition) is 1. The molecule has 0 spiro atoms. The molecule has 0 aliphatic heterocycles. The maximum atomic E-state index is 11.9. The lowest BCUT2D eigenvalue weighted by atomic mass is 9.83. The summed E-state index contributed by atoms with van der Waals surface area (Å²) in [5.41, 5.74) is 1.68. The van der Waals surface area contributed by atoms with Gasteiger partial charge in [-0.25, -0.2) is 4.79 Å². The molecule has 1 fully saturated rings. The summed E-state index contributed by atoms with van der Waals surface area (Å²) in [6.07, 6.45) is 5.95. The standard InChI is InChI=1S/C17H25NO2/c1-17(2,3)20-16(19)18-15-12-8-7-11-14(15)13-9-5-4-6-10-13/h7-8,11-13H,4-6,9-10H2,1-3H3,(H,18,19). The zero-order valence-corrected chi connectivity index (χ0v) is 12.7. The van der Waals surface area contributed by atoms with Crippen LogP contribution < -0.4 is 5.32 Å². The number of rotatable bonds is 2. The highest BCUT2D eigenvalue weighted by Crippen LogP contribution is 2.36. The Hall–Kier alpha value is -1.51. The van der Waals surface area contributed by atoms with Crippen molar-refractivity contribution in [2.75, 3.05) is 5.32 Å². The molecule has 0 bridgehead atoms. The Bertz CT molecular complexity index is 456. The van der Waals surface area contributed by atoms with E-state index >= 15 is 0 Å². The summed E-state index contributed by atoms with van der Waals surface area (Å²) in [7, 11) is 0. The van der Waals surface area contributed by atoms with Crippen molar-refractivity contribution in [1.29, 1.82) is 0 Å². The Morgan fingerprint density at radius 3 is 2.45 bits per heavy atom. The SMILES string of the molecule is CC(C)(C)OC(=O)Nc1ccccc1C1CCCCC1. The van der Waals surface area contributed by atoms with Crippen LogP contribution in [0, 0.1) is 0 Å². The summed E-state index contributed by atoms with van der Waals surface area (Å²) in [6.45, 7) is 5.62. The number of amides is 1. The molecule has 0 saturated heterocycles. The second kappa shape index (κ2) is 6.29. The second-order valence-corrected chi connectivity index (χ2v) is 6.55. The Labute approximate surface area is 121 Å². The Kier molecular flexibility index (Phi) is 4.69. The number of hydrogen-bond acceptors (Lipinski definition) is 2. The van der Waals surface area contributed by atoms with E-state index in [0.717, 1.165) is 5.69 Å². The molecular weight excluding hydrogens is 250 g/mol. The third-order valence-corrected chi connectivity index (χ3v) is 3.64. The van der Waals surface area contributed by atoms with Crippen LogP contribution in [0.1, 0.15) is 64.4 Å². The highest BCUT2D eigenvalue weighted by Gasteiger charge is 2.21. The number of benzene rings is 1. The van der Waals surface area contributed by atoms with Crippen LogP contribution in [-0.2, 0) is 4.74 Å². The number of anilines is 1. The van der Waals surface area contributed by atoms with Crippen molar-refractivity contribution in [3.05, 3.63) is 29.8 Å². The maximum absolute atomic E-state index is 11.9. The topological polar surface area (TPSA) is 38.3 Å². The van der Waals surface area contributed by atoms with E-state index in [0.29, 0.717) is 5.92 Å². The number of ether oxygens (including phenoxy) is 1. The lowest BCUT2D eigenvalue weighted by Crippen LogP contribution is -2.27. The molecule has 1 amide bonds. The first-order valence-corrected chi connectivity index (χ1v) is 7.54. The third kappa shape index (κ3) is 4.26. The van der Waals surface area contributed by atoms with E-state index in [2.05, 4.69) is 11.4 Å². The first-order chi connectivity index (χ1) is 9.46. The van der Waals surface area contributed by atoms with Gasteiger partial charge in [0.25, 0.3) is 0 Å². The summed E-state index contributed by atoms with van der Waals surface area (Å²) >= 11 is 0.